The predicted octanol–water partition coefficient (Wildman–Crippen LogP) is 4.94. The molecule has 3 aromatic rings. The van der Waals surface area contributed by atoms with Gasteiger partial charge < -0.3 is 4.90 Å². The summed E-state index contributed by atoms with van der Waals surface area (Å²) in [5.41, 5.74) is 5.32. The lowest BCUT2D eigenvalue weighted by molar-refractivity contribution is 0.0650. The fourth-order valence-corrected chi connectivity index (χ4v) is 3.66. The minimum atomic E-state index is 0.136. The highest BCUT2D eigenvalue weighted by Gasteiger charge is 2.31. The number of amides is 1. The second-order valence-electron chi connectivity index (χ2n) is 6.68. The minimum absolute atomic E-state index is 0.136. The van der Waals surface area contributed by atoms with Gasteiger partial charge in [-0.05, 0) is 35.6 Å². The Hall–Kier alpha value is -2.87. The summed E-state index contributed by atoms with van der Waals surface area (Å²) in [6.45, 7) is 2.79. The molecule has 0 aliphatic carbocycles. The highest BCUT2D eigenvalue weighted by atomic mass is 16.2. The van der Waals surface area contributed by atoms with E-state index in [9.17, 15) is 4.79 Å². The van der Waals surface area contributed by atoms with Gasteiger partial charge in [0.05, 0.1) is 5.56 Å². The third-order valence-electron chi connectivity index (χ3n) is 4.95. The SMILES string of the molecule is CC1Cc2cccc(-c3ccccc3)c2C(=O)N1Cc1ccccc1. The average Bonchev–Trinajstić information content (AvgIpc) is 2.66. The molecule has 1 amide bonds. The third-order valence-corrected chi connectivity index (χ3v) is 4.95. The number of fused-ring (bicyclic) bond motifs is 1. The molecule has 1 heterocycles. The molecule has 0 fully saturated rings. The van der Waals surface area contributed by atoms with Gasteiger partial charge in [-0.15, -0.1) is 0 Å². The first kappa shape index (κ1) is 15.6. The molecule has 0 spiro atoms. The summed E-state index contributed by atoms with van der Waals surface area (Å²) in [4.78, 5) is 15.4. The van der Waals surface area contributed by atoms with Gasteiger partial charge in [-0.1, -0.05) is 78.9 Å². The molecule has 2 heteroatoms. The van der Waals surface area contributed by atoms with E-state index in [1.54, 1.807) is 0 Å². The van der Waals surface area contributed by atoms with E-state index < -0.39 is 0 Å². The van der Waals surface area contributed by atoms with Crippen LogP contribution >= 0.6 is 0 Å². The lowest BCUT2D eigenvalue weighted by Gasteiger charge is -2.35. The first-order valence-electron chi connectivity index (χ1n) is 8.76. The Labute approximate surface area is 148 Å². The highest BCUT2D eigenvalue weighted by molar-refractivity contribution is 6.03. The summed E-state index contributed by atoms with van der Waals surface area (Å²) in [5, 5.41) is 0. The molecular weight excluding hydrogens is 306 g/mol. The molecule has 1 aliphatic heterocycles. The largest absolute Gasteiger partial charge is 0.331 e. The maximum Gasteiger partial charge on any atom is 0.255 e. The van der Waals surface area contributed by atoms with Crippen molar-refractivity contribution < 1.29 is 4.79 Å². The number of carbonyl (C=O) groups is 1. The summed E-state index contributed by atoms with van der Waals surface area (Å²) in [7, 11) is 0. The van der Waals surface area contributed by atoms with Gasteiger partial charge in [-0.2, -0.15) is 0 Å². The zero-order valence-electron chi connectivity index (χ0n) is 14.4. The van der Waals surface area contributed by atoms with Crippen molar-refractivity contribution in [3.8, 4) is 11.1 Å². The third kappa shape index (κ3) is 2.96. The van der Waals surface area contributed by atoms with Crippen LogP contribution in [0.15, 0.2) is 78.9 Å². The van der Waals surface area contributed by atoms with Crippen LogP contribution in [0, 0.1) is 0 Å². The standard InChI is InChI=1S/C23H21NO/c1-17-15-20-13-8-14-21(19-11-6-3-7-12-19)22(20)23(25)24(17)16-18-9-4-2-5-10-18/h2-14,17H,15-16H2,1H3. The molecule has 124 valence electrons. The van der Waals surface area contributed by atoms with Crippen LogP contribution in [-0.4, -0.2) is 16.8 Å². The topological polar surface area (TPSA) is 20.3 Å². The molecular formula is C23H21NO. The Kier molecular flexibility index (Phi) is 4.10. The Balaban J connectivity index is 1.75. The molecule has 1 unspecified atom stereocenters. The van der Waals surface area contributed by atoms with E-state index in [1.807, 2.05) is 41.3 Å². The molecule has 4 rings (SSSR count). The fourth-order valence-electron chi connectivity index (χ4n) is 3.66. The second-order valence-corrected chi connectivity index (χ2v) is 6.68. The van der Waals surface area contributed by atoms with E-state index in [0.29, 0.717) is 6.54 Å². The maximum absolute atomic E-state index is 13.4. The number of benzene rings is 3. The smallest absolute Gasteiger partial charge is 0.255 e. The first-order valence-corrected chi connectivity index (χ1v) is 8.76. The molecule has 25 heavy (non-hydrogen) atoms. The second kappa shape index (κ2) is 6.56. The van der Waals surface area contributed by atoms with E-state index in [4.69, 9.17) is 0 Å². The van der Waals surface area contributed by atoms with Crippen LogP contribution in [0.1, 0.15) is 28.4 Å². The molecule has 2 nitrogen and oxygen atoms in total. The van der Waals surface area contributed by atoms with Crippen LogP contribution in [-0.2, 0) is 13.0 Å². The summed E-state index contributed by atoms with van der Waals surface area (Å²) >= 11 is 0. The maximum atomic E-state index is 13.4. The van der Waals surface area contributed by atoms with Crippen molar-refractivity contribution in [2.75, 3.05) is 0 Å². The summed E-state index contributed by atoms with van der Waals surface area (Å²) < 4.78 is 0. The average molecular weight is 327 g/mol. The molecule has 0 saturated carbocycles. The van der Waals surface area contributed by atoms with Gasteiger partial charge in [0.2, 0.25) is 0 Å². The summed E-state index contributed by atoms with van der Waals surface area (Å²) in [5.74, 6) is 0.136. The molecule has 3 aromatic carbocycles. The van der Waals surface area contributed by atoms with Crippen molar-refractivity contribution in [1.82, 2.24) is 4.90 Å². The van der Waals surface area contributed by atoms with Crippen molar-refractivity contribution >= 4 is 5.91 Å². The lowest BCUT2D eigenvalue weighted by Crippen LogP contribution is -2.43. The zero-order chi connectivity index (χ0) is 17.2. The zero-order valence-corrected chi connectivity index (χ0v) is 14.4. The van der Waals surface area contributed by atoms with E-state index >= 15 is 0 Å². The van der Waals surface area contributed by atoms with Crippen LogP contribution in [0.5, 0.6) is 0 Å². The van der Waals surface area contributed by atoms with Gasteiger partial charge in [-0.25, -0.2) is 0 Å². The van der Waals surface area contributed by atoms with E-state index in [0.717, 1.165) is 28.7 Å². The number of hydrogen-bond acceptors (Lipinski definition) is 1. The monoisotopic (exact) mass is 327 g/mol. The van der Waals surface area contributed by atoms with Crippen LogP contribution in [0.4, 0.5) is 0 Å². The van der Waals surface area contributed by atoms with Gasteiger partial charge >= 0.3 is 0 Å². The van der Waals surface area contributed by atoms with Crippen LogP contribution < -0.4 is 0 Å². The first-order chi connectivity index (χ1) is 12.2. The summed E-state index contributed by atoms with van der Waals surface area (Å²) in [6, 6.07) is 26.8. The Bertz CT molecular complexity index is 886. The molecule has 0 radical (unpaired) electrons. The van der Waals surface area contributed by atoms with E-state index in [2.05, 4.69) is 49.4 Å². The fraction of sp³-hybridized carbons (Fsp3) is 0.174. The molecule has 0 aromatic heterocycles. The molecule has 0 saturated heterocycles. The lowest BCUT2D eigenvalue weighted by atomic mass is 9.87. The number of rotatable bonds is 3. The van der Waals surface area contributed by atoms with Crippen LogP contribution in [0.3, 0.4) is 0 Å². The molecule has 1 aliphatic rings. The van der Waals surface area contributed by atoms with Gasteiger partial charge in [-0.3, -0.25) is 4.79 Å². The van der Waals surface area contributed by atoms with Crippen molar-refractivity contribution in [3.05, 3.63) is 95.6 Å². The number of hydrogen-bond donors (Lipinski definition) is 0. The number of carbonyl (C=O) groups excluding carboxylic acids is 1. The van der Waals surface area contributed by atoms with Crippen LogP contribution in [0.25, 0.3) is 11.1 Å². The van der Waals surface area contributed by atoms with Gasteiger partial charge in [0.25, 0.3) is 5.91 Å². The Morgan fingerprint density at radius 1 is 0.880 bits per heavy atom. The Morgan fingerprint density at radius 2 is 1.56 bits per heavy atom. The van der Waals surface area contributed by atoms with E-state index in [1.165, 1.54) is 5.56 Å². The molecule has 0 N–H and O–H groups in total. The van der Waals surface area contributed by atoms with Crippen molar-refractivity contribution in [2.45, 2.75) is 25.9 Å². The van der Waals surface area contributed by atoms with Crippen molar-refractivity contribution in [3.63, 3.8) is 0 Å². The quantitative estimate of drug-likeness (QED) is 0.667. The minimum Gasteiger partial charge on any atom is -0.331 e. The predicted molar refractivity (Wildman–Crippen MR) is 101 cm³/mol. The molecule has 0 bridgehead atoms. The van der Waals surface area contributed by atoms with Gasteiger partial charge in [0.15, 0.2) is 0 Å². The molecule has 1 atom stereocenters. The van der Waals surface area contributed by atoms with Gasteiger partial charge in [0, 0.05) is 12.6 Å². The summed E-state index contributed by atoms with van der Waals surface area (Å²) in [6.07, 6.45) is 0.897. The van der Waals surface area contributed by atoms with Crippen molar-refractivity contribution in [2.24, 2.45) is 0 Å². The van der Waals surface area contributed by atoms with E-state index in [-0.39, 0.29) is 11.9 Å². The Morgan fingerprint density at radius 3 is 2.28 bits per heavy atom. The highest BCUT2D eigenvalue weighted by Crippen LogP contribution is 2.33. The van der Waals surface area contributed by atoms with Gasteiger partial charge in [0.1, 0.15) is 0 Å². The number of nitrogens with zero attached hydrogens (tertiary/aromatic N) is 1. The van der Waals surface area contributed by atoms with Crippen molar-refractivity contribution in [1.29, 1.82) is 0 Å². The van der Waals surface area contributed by atoms with Crippen LogP contribution in [0.2, 0.25) is 0 Å². The normalized spacial score (nSPS) is 16.6.